The minimum Gasteiger partial charge on any atom is -0.469 e. The van der Waals surface area contributed by atoms with Gasteiger partial charge in [-0.15, -0.1) is 0 Å². The minimum atomic E-state index is -0.394. The number of piperidine rings is 2. The Kier molecular flexibility index (Phi) is 13.6. The molecule has 0 bridgehead atoms. The molecular weight excluding hydrogens is 710 g/mol. The number of esters is 2. The van der Waals surface area contributed by atoms with Gasteiger partial charge in [-0.25, -0.2) is 0 Å². The molecule has 0 aromatic heterocycles. The maximum Gasteiger partial charge on any atom is 0.309 e. The van der Waals surface area contributed by atoms with Crippen LogP contribution in [0.4, 0.5) is 0 Å². The lowest BCUT2D eigenvalue weighted by atomic mass is 9.71. The highest BCUT2D eigenvalue weighted by molar-refractivity contribution is 6.42. The molecule has 0 unspecified atom stereocenters. The molecule has 2 aliphatic heterocycles. The van der Waals surface area contributed by atoms with Crippen LogP contribution in [-0.4, -0.2) is 60.9 Å². The second-order valence-corrected chi connectivity index (χ2v) is 14.2. The molecule has 2 saturated heterocycles. The number of allylic oxidation sites excluding steroid dienone is 4. The number of halogens is 4. The van der Waals surface area contributed by atoms with Gasteiger partial charge in [0.15, 0.2) is 0 Å². The van der Waals surface area contributed by atoms with Crippen LogP contribution in [0.3, 0.4) is 0 Å². The normalized spacial score (nSPS) is 25.7. The highest BCUT2D eigenvalue weighted by Crippen LogP contribution is 2.40. The van der Waals surface area contributed by atoms with E-state index in [1.165, 1.54) is 14.2 Å². The van der Waals surface area contributed by atoms with Crippen LogP contribution in [0.1, 0.15) is 44.2 Å². The fourth-order valence-corrected chi connectivity index (χ4v) is 7.90. The van der Waals surface area contributed by atoms with Crippen molar-refractivity contribution in [2.75, 3.05) is 27.3 Å². The van der Waals surface area contributed by atoms with E-state index in [0.29, 0.717) is 59.1 Å². The summed E-state index contributed by atoms with van der Waals surface area (Å²) in [7, 11) is 2.74. The Hall–Kier alpha value is -3.04. The average Bonchev–Trinajstić information content (AvgIpc) is 3.09. The maximum absolute atomic E-state index is 13.0. The van der Waals surface area contributed by atoms with Crippen molar-refractivity contribution in [1.29, 1.82) is 0 Å². The maximum atomic E-state index is 13.0. The molecule has 2 amide bonds. The average molecular weight is 753 g/mol. The zero-order valence-corrected chi connectivity index (χ0v) is 29.8. The lowest BCUT2D eigenvalue weighted by Crippen LogP contribution is -2.50. The molecule has 2 fully saturated rings. The lowest BCUT2D eigenvalue weighted by Gasteiger charge is -2.41. The minimum absolute atomic E-state index is 0. The van der Waals surface area contributed by atoms with E-state index >= 15 is 0 Å². The molecule has 6 atom stereocenters. The van der Waals surface area contributed by atoms with Crippen LogP contribution in [0.25, 0.3) is 0 Å². The number of hydrogen-bond donors (Lipinski definition) is 0. The molecular formula is C37H42Cl4N2O6. The number of rotatable bonds is 6. The van der Waals surface area contributed by atoms with Crippen LogP contribution in [0.2, 0.25) is 20.1 Å². The van der Waals surface area contributed by atoms with Crippen LogP contribution >= 0.6 is 46.4 Å². The predicted octanol–water partition coefficient (Wildman–Crippen LogP) is 8.05. The van der Waals surface area contributed by atoms with Gasteiger partial charge in [-0.1, -0.05) is 90.3 Å². The third-order valence-corrected chi connectivity index (χ3v) is 11.2. The van der Waals surface area contributed by atoms with E-state index < -0.39 is 11.8 Å². The van der Waals surface area contributed by atoms with Crippen molar-refractivity contribution in [3.05, 3.63) is 91.9 Å². The van der Waals surface area contributed by atoms with Gasteiger partial charge in [0.05, 0.1) is 58.0 Å². The van der Waals surface area contributed by atoms with E-state index in [-0.39, 0.29) is 54.9 Å². The van der Waals surface area contributed by atoms with E-state index in [4.69, 9.17) is 55.9 Å². The molecule has 4 aliphatic rings. The smallest absolute Gasteiger partial charge is 0.309 e. The van der Waals surface area contributed by atoms with Crippen molar-refractivity contribution in [3.8, 4) is 0 Å². The Balaban J connectivity index is 0.000000216. The number of benzene rings is 2. The number of carbonyl (C=O) groups excluding carboxylic acids is 4. The number of nitrogens with zero attached hydrogens (tertiary/aromatic N) is 2. The standard InChI is InChI=1S/2C18H19Cl2NO3.CH4/c2*1-24-18(23)13-4-2-3-12-7-8-21(17(22)16(12)13)10-11-5-6-14(19)15(20)9-11;/h2*2-3,5-6,9,12-13,16H,4,7-8,10H2,1H3;1H4/t12-,13+,16+;12-,13-,16-;/m10./s1. The largest absolute Gasteiger partial charge is 0.469 e. The van der Waals surface area contributed by atoms with Gasteiger partial charge in [0.25, 0.3) is 0 Å². The van der Waals surface area contributed by atoms with Crippen LogP contribution < -0.4 is 0 Å². The van der Waals surface area contributed by atoms with Gasteiger partial charge in [-0.05, 0) is 72.9 Å². The van der Waals surface area contributed by atoms with E-state index in [1.807, 2.05) is 24.3 Å². The number of likely N-dealkylation sites (tertiary alicyclic amines) is 2. The first-order chi connectivity index (χ1) is 23.0. The van der Waals surface area contributed by atoms with Crippen molar-refractivity contribution < 1.29 is 28.7 Å². The topological polar surface area (TPSA) is 93.2 Å². The molecule has 2 aromatic carbocycles. The van der Waals surface area contributed by atoms with Crippen molar-refractivity contribution in [1.82, 2.24) is 9.80 Å². The van der Waals surface area contributed by atoms with E-state index in [0.717, 1.165) is 24.0 Å². The number of fused-ring (bicyclic) bond motifs is 2. The Morgan fingerprint density at radius 3 is 1.41 bits per heavy atom. The molecule has 2 heterocycles. The molecule has 0 saturated carbocycles. The number of amides is 2. The first kappa shape index (κ1) is 38.8. The molecule has 0 radical (unpaired) electrons. The summed E-state index contributed by atoms with van der Waals surface area (Å²) in [6, 6.07) is 10.8. The number of hydrogen-bond acceptors (Lipinski definition) is 6. The van der Waals surface area contributed by atoms with E-state index in [9.17, 15) is 19.2 Å². The van der Waals surface area contributed by atoms with Crippen LogP contribution in [0.5, 0.6) is 0 Å². The van der Waals surface area contributed by atoms with Gasteiger partial charge < -0.3 is 19.3 Å². The quantitative estimate of drug-likeness (QED) is 0.219. The second kappa shape index (κ2) is 17.3. The summed E-state index contributed by atoms with van der Waals surface area (Å²) < 4.78 is 9.79. The summed E-state index contributed by atoms with van der Waals surface area (Å²) in [5.41, 5.74) is 1.86. The second-order valence-electron chi connectivity index (χ2n) is 12.6. The number of ether oxygens (including phenoxy) is 2. The Morgan fingerprint density at radius 2 is 1.06 bits per heavy atom. The van der Waals surface area contributed by atoms with Crippen LogP contribution in [0.15, 0.2) is 60.7 Å². The summed E-state index contributed by atoms with van der Waals surface area (Å²) >= 11 is 24.0. The monoisotopic (exact) mass is 750 g/mol. The molecule has 264 valence electrons. The Bertz CT molecular complexity index is 1500. The summed E-state index contributed by atoms with van der Waals surface area (Å²) in [5, 5.41) is 1.94. The summed E-state index contributed by atoms with van der Waals surface area (Å²) in [5.74, 6) is -1.82. The molecule has 0 N–H and O–H groups in total. The molecule has 6 rings (SSSR count). The molecule has 0 spiro atoms. The number of carbonyl (C=O) groups is 4. The molecule has 2 aromatic rings. The van der Waals surface area contributed by atoms with Crippen molar-refractivity contribution in [2.45, 2.75) is 46.2 Å². The van der Waals surface area contributed by atoms with Crippen molar-refractivity contribution in [3.63, 3.8) is 0 Å². The molecule has 2 aliphatic carbocycles. The SMILES string of the molecule is C.COC(=O)[C@H]1CC=C[C@@H]2CCN(Cc3ccc(Cl)c(Cl)c3)C(=O)[C@@H]21.COC(=O)[C@H]1CC=C[C@H]2CCN(Cc3ccc(Cl)c(Cl)c3)C(=O)[C@H]12. The van der Waals surface area contributed by atoms with Gasteiger partial charge >= 0.3 is 11.9 Å². The summed E-state index contributed by atoms with van der Waals surface area (Å²) in [6.07, 6.45) is 10.9. The van der Waals surface area contributed by atoms with E-state index in [1.54, 1.807) is 34.1 Å². The van der Waals surface area contributed by atoms with Gasteiger partial charge in [-0.3, -0.25) is 19.2 Å². The zero-order valence-electron chi connectivity index (χ0n) is 26.8. The van der Waals surface area contributed by atoms with Gasteiger partial charge in [0, 0.05) is 26.2 Å². The van der Waals surface area contributed by atoms with Gasteiger partial charge in [-0.2, -0.15) is 0 Å². The molecule has 8 nitrogen and oxygen atoms in total. The van der Waals surface area contributed by atoms with Crippen molar-refractivity contribution in [2.24, 2.45) is 35.5 Å². The highest BCUT2D eigenvalue weighted by atomic mass is 35.5. The Morgan fingerprint density at radius 1 is 0.673 bits per heavy atom. The first-order valence-electron chi connectivity index (χ1n) is 16.0. The highest BCUT2D eigenvalue weighted by Gasteiger charge is 2.46. The van der Waals surface area contributed by atoms with Gasteiger partial charge in [0.2, 0.25) is 11.8 Å². The zero-order chi connectivity index (χ0) is 34.5. The molecule has 49 heavy (non-hydrogen) atoms. The third kappa shape index (κ3) is 8.83. The predicted molar refractivity (Wildman–Crippen MR) is 192 cm³/mol. The fraction of sp³-hybridized carbons (Fsp3) is 0.459. The molecule has 12 heteroatoms. The summed E-state index contributed by atoms with van der Waals surface area (Å²) in [4.78, 5) is 53.7. The van der Waals surface area contributed by atoms with Crippen LogP contribution in [-0.2, 0) is 41.7 Å². The Labute approximate surface area is 308 Å². The summed E-state index contributed by atoms with van der Waals surface area (Å²) in [6.45, 7) is 2.27. The first-order valence-corrected chi connectivity index (χ1v) is 17.5. The van der Waals surface area contributed by atoms with Crippen molar-refractivity contribution >= 4 is 70.2 Å². The lowest BCUT2D eigenvalue weighted by molar-refractivity contribution is -0.157. The third-order valence-electron chi connectivity index (χ3n) is 9.72. The van der Waals surface area contributed by atoms with E-state index in [2.05, 4.69) is 12.2 Å². The number of methoxy groups -OCH3 is 2. The van der Waals surface area contributed by atoms with Gasteiger partial charge in [0.1, 0.15) is 0 Å². The fourth-order valence-electron chi connectivity index (χ4n) is 7.26. The van der Waals surface area contributed by atoms with Crippen LogP contribution in [0, 0.1) is 35.5 Å².